The quantitative estimate of drug-likeness (QED) is 0.676. The number of esters is 1. The maximum atomic E-state index is 11.6. The summed E-state index contributed by atoms with van der Waals surface area (Å²) in [6, 6.07) is 0.0622. The maximum Gasteiger partial charge on any atom is 0.306 e. The maximum absolute atomic E-state index is 11.6. The molecule has 0 saturated carbocycles. The molecule has 1 N–H and O–H groups in total. The molecule has 0 amide bonds. The van der Waals surface area contributed by atoms with E-state index in [4.69, 9.17) is 0 Å². The molecule has 0 bridgehead atoms. The van der Waals surface area contributed by atoms with Crippen LogP contribution in [0.1, 0.15) is 26.2 Å². The SMILES string of the molecule is CCOC(=O)CCS(=O)(=O)CC1CCCN1. The lowest BCUT2D eigenvalue weighted by atomic mass is 10.3. The minimum absolute atomic E-state index is 0.0388. The second-order valence-corrected chi connectivity index (χ2v) is 6.19. The summed E-state index contributed by atoms with van der Waals surface area (Å²) < 4.78 is 28.0. The van der Waals surface area contributed by atoms with E-state index in [2.05, 4.69) is 10.1 Å². The normalized spacial score (nSPS) is 20.9. The Bertz CT molecular complexity index is 320. The van der Waals surface area contributed by atoms with Crippen LogP contribution in [0.2, 0.25) is 0 Å². The number of carbonyl (C=O) groups excluding carboxylic acids is 1. The van der Waals surface area contributed by atoms with Gasteiger partial charge in [-0.1, -0.05) is 0 Å². The van der Waals surface area contributed by atoms with E-state index in [0.717, 1.165) is 19.4 Å². The van der Waals surface area contributed by atoms with Gasteiger partial charge in [0.05, 0.1) is 24.5 Å². The Morgan fingerprint density at radius 3 is 2.81 bits per heavy atom. The van der Waals surface area contributed by atoms with Crippen LogP contribution >= 0.6 is 0 Å². The number of nitrogens with one attached hydrogen (secondary N) is 1. The average Bonchev–Trinajstić information content (AvgIpc) is 2.67. The Kier molecular flexibility index (Phi) is 5.21. The van der Waals surface area contributed by atoms with Crippen molar-refractivity contribution in [1.29, 1.82) is 0 Å². The lowest BCUT2D eigenvalue weighted by Gasteiger charge is -2.10. The van der Waals surface area contributed by atoms with Crippen molar-refractivity contribution < 1.29 is 17.9 Å². The summed E-state index contributed by atoms with van der Waals surface area (Å²) in [4.78, 5) is 11.0. The zero-order valence-electron chi connectivity index (χ0n) is 9.57. The molecule has 1 atom stereocenters. The molecule has 1 unspecified atom stereocenters. The number of hydrogen-bond donors (Lipinski definition) is 1. The van der Waals surface area contributed by atoms with Crippen LogP contribution in [0, 0.1) is 0 Å². The van der Waals surface area contributed by atoms with Gasteiger partial charge in [-0.3, -0.25) is 4.79 Å². The third-order valence-corrected chi connectivity index (χ3v) is 4.28. The summed E-state index contributed by atoms with van der Waals surface area (Å²) in [7, 11) is -3.14. The van der Waals surface area contributed by atoms with Crippen LogP contribution in [0.5, 0.6) is 0 Å². The molecule has 0 aromatic carbocycles. The minimum Gasteiger partial charge on any atom is -0.466 e. The van der Waals surface area contributed by atoms with Crippen molar-refractivity contribution in [3.05, 3.63) is 0 Å². The van der Waals surface area contributed by atoms with Crippen LogP contribution in [0.25, 0.3) is 0 Å². The topological polar surface area (TPSA) is 72.5 Å². The highest BCUT2D eigenvalue weighted by Crippen LogP contribution is 2.09. The molecule has 1 saturated heterocycles. The van der Waals surface area contributed by atoms with Crippen molar-refractivity contribution in [2.45, 2.75) is 32.2 Å². The van der Waals surface area contributed by atoms with Gasteiger partial charge in [-0.2, -0.15) is 0 Å². The van der Waals surface area contributed by atoms with Crippen LogP contribution in [-0.2, 0) is 19.4 Å². The molecule has 0 spiro atoms. The van der Waals surface area contributed by atoms with Gasteiger partial charge in [0.15, 0.2) is 9.84 Å². The monoisotopic (exact) mass is 249 g/mol. The zero-order valence-corrected chi connectivity index (χ0v) is 10.4. The second-order valence-electron chi connectivity index (χ2n) is 3.96. The molecule has 6 heteroatoms. The Morgan fingerprint density at radius 1 is 1.50 bits per heavy atom. The van der Waals surface area contributed by atoms with E-state index in [-0.39, 0.29) is 24.0 Å². The summed E-state index contributed by atoms with van der Waals surface area (Å²) in [5.74, 6) is -0.415. The standard InChI is InChI=1S/C10H19NO4S/c1-2-15-10(12)5-7-16(13,14)8-9-4-3-6-11-9/h9,11H,2-8H2,1H3. The van der Waals surface area contributed by atoms with E-state index in [1.54, 1.807) is 6.92 Å². The fourth-order valence-corrected chi connectivity index (χ4v) is 3.30. The molecule has 0 radical (unpaired) electrons. The van der Waals surface area contributed by atoms with Gasteiger partial charge in [0, 0.05) is 6.04 Å². The number of rotatable bonds is 6. The van der Waals surface area contributed by atoms with Gasteiger partial charge in [0.25, 0.3) is 0 Å². The van der Waals surface area contributed by atoms with Crippen molar-refractivity contribution in [3.63, 3.8) is 0 Å². The lowest BCUT2D eigenvalue weighted by molar-refractivity contribution is -0.142. The van der Waals surface area contributed by atoms with Crippen LogP contribution in [0.4, 0.5) is 0 Å². The third-order valence-electron chi connectivity index (χ3n) is 2.54. The van der Waals surface area contributed by atoms with E-state index in [0.29, 0.717) is 6.61 Å². The molecule has 0 aromatic heterocycles. The summed E-state index contributed by atoms with van der Waals surface area (Å²) in [6.07, 6.45) is 1.89. The summed E-state index contributed by atoms with van der Waals surface area (Å²) in [5, 5.41) is 3.13. The van der Waals surface area contributed by atoms with Crippen LogP contribution < -0.4 is 5.32 Å². The molecule has 1 fully saturated rings. The van der Waals surface area contributed by atoms with Crippen molar-refractivity contribution in [2.75, 3.05) is 24.7 Å². The zero-order chi connectivity index (χ0) is 12.0. The Hall–Kier alpha value is -0.620. The molecule has 1 aliphatic rings. The molecule has 94 valence electrons. The van der Waals surface area contributed by atoms with Crippen molar-refractivity contribution in [3.8, 4) is 0 Å². The predicted octanol–water partition coefficient (Wildman–Crippen LogP) is 0.106. The summed E-state index contributed by atoms with van der Waals surface area (Å²) in [5.41, 5.74) is 0. The molecular weight excluding hydrogens is 230 g/mol. The summed E-state index contributed by atoms with van der Waals surface area (Å²) >= 11 is 0. The Morgan fingerprint density at radius 2 is 2.25 bits per heavy atom. The highest BCUT2D eigenvalue weighted by Gasteiger charge is 2.22. The van der Waals surface area contributed by atoms with Crippen LogP contribution in [-0.4, -0.2) is 45.1 Å². The van der Waals surface area contributed by atoms with E-state index in [1.807, 2.05) is 0 Å². The van der Waals surface area contributed by atoms with Gasteiger partial charge in [0.2, 0.25) is 0 Å². The number of carbonyl (C=O) groups is 1. The molecule has 1 aliphatic heterocycles. The molecule has 0 aliphatic carbocycles. The molecule has 1 rings (SSSR count). The fourth-order valence-electron chi connectivity index (χ4n) is 1.76. The van der Waals surface area contributed by atoms with Gasteiger partial charge < -0.3 is 10.1 Å². The van der Waals surface area contributed by atoms with Gasteiger partial charge in [-0.25, -0.2) is 8.42 Å². The van der Waals surface area contributed by atoms with E-state index in [1.165, 1.54) is 0 Å². The highest BCUT2D eigenvalue weighted by molar-refractivity contribution is 7.91. The average molecular weight is 249 g/mol. The first-order valence-corrected chi connectivity index (χ1v) is 7.45. The second kappa shape index (κ2) is 6.20. The third kappa shape index (κ3) is 4.94. The number of hydrogen-bond acceptors (Lipinski definition) is 5. The Labute approximate surface area is 96.5 Å². The first-order chi connectivity index (χ1) is 7.53. The molecule has 1 heterocycles. The molecule has 0 aromatic rings. The van der Waals surface area contributed by atoms with E-state index in [9.17, 15) is 13.2 Å². The van der Waals surface area contributed by atoms with Gasteiger partial charge in [-0.15, -0.1) is 0 Å². The van der Waals surface area contributed by atoms with Gasteiger partial charge >= 0.3 is 5.97 Å². The van der Waals surface area contributed by atoms with Crippen LogP contribution in [0.3, 0.4) is 0 Å². The molecular formula is C10H19NO4S. The molecule has 16 heavy (non-hydrogen) atoms. The van der Waals surface area contributed by atoms with Crippen molar-refractivity contribution in [1.82, 2.24) is 5.32 Å². The highest BCUT2D eigenvalue weighted by atomic mass is 32.2. The number of sulfone groups is 1. The minimum atomic E-state index is -3.14. The summed E-state index contributed by atoms with van der Waals surface area (Å²) in [6.45, 7) is 2.88. The first-order valence-electron chi connectivity index (χ1n) is 5.63. The van der Waals surface area contributed by atoms with Crippen LogP contribution in [0.15, 0.2) is 0 Å². The van der Waals surface area contributed by atoms with Gasteiger partial charge in [-0.05, 0) is 26.3 Å². The van der Waals surface area contributed by atoms with E-state index < -0.39 is 15.8 Å². The lowest BCUT2D eigenvalue weighted by Crippen LogP contribution is -2.31. The molecule has 5 nitrogen and oxygen atoms in total. The first kappa shape index (κ1) is 13.4. The fraction of sp³-hybridized carbons (Fsp3) is 0.900. The van der Waals surface area contributed by atoms with Gasteiger partial charge in [0.1, 0.15) is 0 Å². The largest absolute Gasteiger partial charge is 0.466 e. The predicted molar refractivity (Wildman–Crippen MR) is 60.9 cm³/mol. The Balaban J connectivity index is 2.30. The van der Waals surface area contributed by atoms with E-state index >= 15 is 0 Å². The number of ether oxygens (including phenoxy) is 1. The van der Waals surface area contributed by atoms with Crippen molar-refractivity contribution >= 4 is 15.8 Å². The van der Waals surface area contributed by atoms with Crippen molar-refractivity contribution in [2.24, 2.45) is 0 Å². The smallest absolute Gasteiger partial charge is 0.306 e.